The quantitative estimate of drug-likeness (QED) is 0.848. The summed E-state index contributed by atoms with van der Waals surface area (Å²) in [5.41, 5.74) is 10.5. The van der Waals surface area contributed by atoms with Crippen LogP contribution in [0.5, 0.6) is 0 Å². The van der Waals surface area contributed by atoms with Gasteiger partial charge in [0.05, 0.1) is 5.69 Å². The maximum absolute atomic E-state index is 5.84. The lowest BCUT2D eigenvalue weighted by atomic mass is 10.1. The van der Waals surface area contributed by atoms with Gasteiger partial charge in [-0.15, -0.1) is 0 Å². The molecule has 2 N–H and O–H groups in total. The minimum Gasteiger partial charge on any atom is -0.389 e. The number of benzene rings is 2. The van der Waals surface area contributed by atoms with E-state index in [1.165, 1.54) is 11.3 Å². The Labute approximate surface area is 126 Å². The summed E-state index contributed by atoms with van der Waals surface area (Å²) >= 11 is 8.68. The summed E-state index contributed by atoms with van der Waals surface area (Å²) in [4.78, 5) is 2.72. The predicted molar refractivity (Wildman–Crippen MR) is 87.2 cm³/mol. The van der Waals surface area contributed by atoms with Gasteiger partial charge in [0, 0.05) is 22.3 Å². The Hall–Kier alpha value is -1.39. The molecule has 1 heterocycles. The molecule has 0 amide bonds. The molecule has 0 spiro atoms. The third-order valence-corrected chi connectivity index (χ3v) is 4.12. The third kappa shape index (κ3) is 2.26. The third-order valence-electron chi connectivity index (χ3n) is 3.40. The highest BCUT2D eigenvalue weighted by Crippen LogP contribution is 2.37. The molecule has 2 aromatic rings. The Bertz CT molecular complexity index is 654. The van der Waals surface area contributed by atoms with Gasteiger partial charge in [-0.2, -0.15) is 0 Å². The second kappa shape index (κ2) is 4.94. The van der Waals surface area contributed by atoms with Crippen LogP contribution < -0.4 is 10.6 Å². The van der Waals surface area contributed by atoms with Crippen molar-refractivity contribution in [2.24, 2.45) is 5.73 Å². The van der Waals surface area contributed by atoms with E-state index in [-0.39, 0.29) is 0 Å². The molecule has 4 heteroatoms. The largest absolute Gasteiger partial charge is 0.389 e. The summed E-state index contributed by atoms with van der Waals surface area (Å²) in [6.45, 7) is 0.964. The van der Waals surface area contributed by atoms with Crippen molar-refractivity contribution in [1.29, 1.82) is 0 Å². The van der Waals surface area contributed by atoms with Crippen LogP contribution in [0.3, 0.4) is 0 Å². The average molecular weight is 333 g/mol. The molecule has 0 bridgehead atoms. The minimum absolute atomic E-state index is 0.437. The van der Waals surface area contributed by atoms with Crippen LogP contribution in [-0.4, -0.2) is 11.5 Å². The van der Waals surface area contributed by atoms with Gasteiger partial charge in [-0.25, -0.2) is 0 Å². The Morgan fingerprint density at radius 2 is 1.95 bits per heavy atom. The molecule has 1 aliphatic rings. The number of halogens is 1. The molecule has 96 valence electrons. The van der Waals surface area contributed by atoms with Gasteiger partial charge < -0.3 is 10.6 Å². The molecule has 2 nitrogen and oxygen atoms in total. The summed E-state index contributed by atoms with van der Waals surface area (Å²) in [5, 5.41) is 0. The van der Waals surface area contributed by atoms with E-state index in [9.17, 15) is 0 Å². The number of para-hydroxylation sites is 1. The first kappa shape index (κ1) is 12.6. The van der Waals surface area contributed by atoms with E-state index in [2.05, 4.69) is 51.2 Å². The van der Waals surface area contributed by atoms with Gasteiger partial charge in [0.1, 0.15) is 4.99 Å². The first-order chi connectivity index (χ1) is 9.16. The predicted octanol–water partition coefficient (Wildman–Crippen LogP) is 3.78. The monoisotopic (exact) mass is 332 g/mol. The summed E-state index contributed by atoms with van der Waals surface area (Å²) < 4.78 is 1.03. The Balaban J connectivity index is 2.13. The lowest BCUT2D eigenvalue weighted by molar-refractivity contribution is 0.996. The molecule has 0 unspecified atom stereocenters. The Morgan fingerprint density at radius 3 is 2.74 bits per heavy atom. The van der Waals surface area contributed by atoms with Crippen molar-refractivity contribution in [3.8, 4) is 0 Å². The molecular formula is C15H13BrN2S. The maximum Gasteiger partial charge on any atom is 0.106 e. The van der Waals surface area contributed by atoms with Crippen LogP contribution in [0.4, 0.5) is 11.4 Å². The van der Waals surface area contributed by atoms with Crippen LogP contribution in [0.2, 0.25) is 0 Å². The van der Waals surface area contributed by atoms with Gasteiger partial charge in [-0.3, -0.25) is 0 Å². The van der Waals surface area contributed by atoms with Gasteiger partial charge in [0.2, 0.25) is 0 Å². The molecule has 0 aromatic heterocycles. The topological polar surface area (TPSA) is 29.3 Å². The number of anilines is 2. The minimum atomic E-state index is 0.437. The molecular weight excluding hydrogens is 320 g/mol. The SMILES string of the molecule is NC(=S)c1ccc(Br)cc1N1CCc2ccccc21. The van der Waals surface area contributed by atoms with E-state index in [4.69, 9.17) is 18.0 Å². The van der Waals surface area contributed by atoms with Crippen molar-refractivity contribution in [2.75, 3.05) is 11.4 Å². The van der Waals surface area contributed by atoms with Crippen molar-refractivity contribution in [2.45, 2.75) is 6.42 Å². The molecule has 0 saturated heterocycles. The number of hydrogen-bond donors (Lipinski definition) is 1. The number of rotatable bonds is 2. The van der Waals surface area contributed by atoms with E-state index in [0.29, 0.717) is 4.99 Å². The maximum atomic E-state index is 5.84. The fraction of sp³-hybridized carbons (Fsp3) is 0.133. The number of nitrogens with zero attached hydrogens (tertiary/aromatic N) is 1. The van der Waals surface area contributed by atoms with Crippen molar-refractivity contribution < 1.29 is 0 Å². The van der Waals surface area contributed by atoms with Crippen LogP contribution in [0.25, 0.3) is 0 Å². The number of fused-ring (bicyclic) bond motifs is 1. The highest BCUT2D eigenvalue weighted by Gasteiger charge is 2.22. The van der Waals surface area contributed by atoms with Crippen LogP contribution in [0.1, 0.15) is 11.1 Å². The van der Waals surface area contributed by atoms with Crippen molar-refractivity contribution in [1.82, 2.24) is 0 Å². The standard InChI is InChI=1S/C15H13BrN2S/c16-11-5-6-12(15(17)19)14(9-11)18-8-7-10-3-1-2-4-13(10)18/h1-6,9H,7-8H2,(H2,17,19). The molecule has 0 radical (unpaired) electrons. The zero-order chi connectivity index (χ0) is 13.4. The van der Waals surface area contributed by atoms with E-state index >= 15 is 0 Å². The van der Waals surface area contributed by atoms with Gasteiger partial charge >= 0.3 is 0 Å². The number of hydrogen-bond acceptors (Lipinski definition) is 2. The molecule has 2 aromatic carbocycles. The zero-order valence-corrected chi connectivity index (χ0v) is 12.7. The molecule has 0 aliphatic carbocycles. The van der Waals surface area contributed by atoms with E-state index in [0.717, 1.165) is 28.7 Å². The second-order valence-corrected chi connectivity index (χ2v) is 5.91. The van der Waals surface area contributed by atoms with Crippen molar-refractivity contribution >= 4 is 44.5 Å². The smallest absolute Gasteiger partial charge is 0.106 e. The highest BCUT2D eigenvalue weighted by atomic mass is 79.9. The lowest BCUT2D eigenvalue weighted by Crippen LogP contribution is -2.19. The summed E-state index contributed by atoms with van der Waals surface area (Å²) in [6, 6.07) is 14.5. The molecule has 0 atom stereocenters. The molecule has 1 aliphatic heterocycles. The zero-order valence-electron chi connectivity index (χ0n) is 10.3. The fourth-order valence-corrected chi connectivity index (χ4v) is 3.05. The Morgan fingerprint density at radius 1 is 1.16 bits per heavy atom. The van der Waals surface area contributed by atoms with Crippen LogP contribution in [0, 0.1) is 0 Å². The van der Waals surface area contributed by atoms with Crippen molar-refractivity contribution in [3.05, 3.63) is 58.1 Å². The second-order valence-electron chi connectivity index (χ2n) is 4.56. The molecule has 0 fully saturated rings. The van der Waals surface area contributed by atoms with Gasteiger partial charge in [0.25, 0.3) is 0 Å². The number of nitrogens with two attached hydrogens (primary N) is 1. The van der Waals surface area contributed by atoms with Crippen LogP contribution >= 0.6 is 28.1 Å². The van der Waals surface area contributed by atoms with E-state index in [1.807, 2.05) is 12.1 Å². The average Bonchev–Trinajstić information content (AvgIpc) is 2.82. The van der Waals surface area contributed by atoms with Gasteiger partial charge in [-0.05, 0) is 36.2 Å². The van der Waals surface area contributed by atoms with E-state index in [1.54, 1.807) is 0 Å². The molecule has 19 heavy (non-hydrogen) atoms. The first-order valence-electron chi connectivity index (χ1n) is 6.11. The fourth-order valence-electron chi connectivity index (χ4n) is 2.52. The summed E-state index contributed by atoms with van der Waals surface area (Å²) in [5.74, 6) is 0. The first-order valence-corrected chi connectivity index (χ1v) is 7.32. The Kier molecular flexibility index (Phi) is 3.29. The van der Waals surface area contributed by atoms with Crippen molar-refractivity contribution in [3.63, 3.8) is 0 Å². The van der Waals surface area contributed by atoms with E-state index < -0.39 is 0 Å². The summed E-state index contributed by atoms with van der Waals surface area (Å²) in [7, 11) is 0. The lowest BCUT2D eigenvalue weighted by Gasteiger charge is -2.22. The summed E-state index contributed by atoms with van der Waals surface area (Å²) in [6.07, 6.45) is 1.06. The molecule has 0 saturated carbocycles. The highest BCUT2D eigenvalue weighted by molar-refractivity contribution is 9.10. The van der Waals surface area contributed by atoms with Crippen LogP contribution in [-0.2, 0) is 6.42 Å². The normalized spacial score (nSPS) is 13.4. The van der Waals surface area contributed by atoms with Crippen LogP contribution in [0.15, 0.2) is 46.9 Å². The van der Waals surface area contributed by atoms with Gasteiger partial charge in [-0.1, -0.05) is 46.3 Å². The molecule has 3 rings (SSSR count). The van der Waals surface area contributed by atoms with Gasteiger partial charge in [0.15, 0.2) is 0 Å². The number of thiocarbonyl (C=S) groups is 1.